The van der Waals surface area contributed by atoms with Crippen molar-refractivity contribution in [1.29, 1.82) is 0 Å². The molecule has 26 heavy (non-hydrogen) atoms. The number of nitrogens with one attached hydrogen (secondary N) is 2. The summed E-state index contributed by atoms with van der Waals surface area (Å²) in [5.74, 6) is 0.869. The van der Waals surface area contributed by atoms with Gasteiger partial charge in [-0.1, -0.05) is 24.1 Å². The Labute approximate surface area is 180 Å². The molecular weight excluding hydrogens is 461 g/mol. The van der Waals surface area contributed by atoms with Gasteiger partial charge in [0.15, 0.2) is 5.96 Å². The van der Waals surface area contributed by atoms with E-state index in [9.17, 15) is 0 Å². The van der Waals surface area contributed by atoms with Gasteiger partial charge in [0.2, 0.25) is 0 Å². The van der Waals surface area contributed by atoms with E-state index in [1.165, 1.54) is 50.8 Å². The summed E-state index contributed by atoms with van der Waals surface area (Å²) in [6, 6.07) is 4.60. The van der Waals surface area contributed by atoms with Crippen LogP contribution in [0.2, 0.25) is 5.15 Å². The van der Waals surface area contributed by atoms with E-state index < -0.39 is 0 Å². The maximum Gasteiger partial charge on any atom is 0.190 e. The minimum atomic E-state index is 0. The fourth-order valence-corrected chi connectivity index (χ4v) is 3.35. The molecule has 1 aliphatic heterocycles. The number of guanidine groups is 1. The normalized spacial score (nSPS) is 18.3. The topological polar surface area (TPSA) is 52.6 Å². The summed E-state index contributed by atoms with van der Waals surface area (Å²) in [4.78, 5) is 11.0. The first-order chi connectivity index (χ1) is 12.2. The molecule has 2 N–H and O–H groups in total. The quantitative estimate of drug-likeness (QED) is 0.191. The molecule has 2 heterocycles. The van der Waals surface area contributed by atoms with Crippen LogP contribution in [0.1, 0.15) is 44.6 Å². The molecule has 2 rings (SSSR count). The standard InChI is InChI=1S/C19H32ClN5.HI/c1-16-7-3-5-13-25(16)14-6-4-11-22-19(21-2)23-12-10-17-8-9-18(20)24-15-17;/h8-9,15-16H,3-7,10-14H2,1-2H3,(H2,21,22,23);1H. The molecule has 148 valence electrons. The molecule has 1 fully saturated rings. The van der Waals surface area contributed by atoms with Gasteiger partial charge in [-0.25, -0.2) is 4.98 Å². The van der Waals surface area contributed by atoms with E-state index in [1.54, 1.807) is 0 Å². The lowest BCUT2D eigenvalue weighted by molar-refractivity contribution is 0.158. The van der Waals surface area contributed by atoms with Crippen LogP contribution < -0.4 is 10.6 Å². The van der Waals surface area contributed by atoms with Crippen molar-refractivity contribution < 1.29 is 0 Å². The molecule has 7 heteroatoms. The van der Waals surface area contributed by atoms with Gasteiger partial charge in [-0.15, -0.1) is 24.0 Å². The second-order valence-electron chi connectivity index (χ2n) is 6.75. The van der Waals surface area contributed by atoms with Crippen molar-refractivity contribution in [2.75, 3.05) is 33.2 Å². The predicted molar refractivity (Wildman–Crippen MR) is 122 cm³/mol. The lowest BCUT2D eigenvalue weighted by atomic mass is 10.0. The number of rotatable bonds is 8. The highest BCUT2D eigenvalue weighted by Gasteiger charge is 2.16. The number of hydrogen-bond acceptors (Lipinski definition) is 3. The monoisotopic (exact) mass is 493 g/mol. The summed E-state index contributed by atoms with van der Waals surface area (Å²) in [5, 5.41) is 7.28. The smallest absolute Gasteiger partial charge is 0.190 e. The van der Waals surface area contributed by atoms with Crippen LogP contribution in [0.15, 0.2) is 23.3 Å². The number of unbranched alkanes of at least 4 members (excludes halogenated alkanes) is 1. The number of halogens is 2. The highest BCUT2D eigenvalue weighted by molar-refractivity contribution is 14.0. The Bertz CT molecular complexity index is 523. The molecule has 1 unspecified atom stereocenters. The van der Waals surface area contributed by atoms with Crippen LogP contribution in [0.4, 0.5) is 0 Å². The van der Waals surface area contributed by atoms with Crippen molar-refractivity contribution in [3.05, 3.63) is 29.0 Å². The summed E-state index contributed by atoms with van der Waals surface area (Å²) in [6.45, 7) is 6.65. The second-order valence-corrected chi connectivity index (χ2v) is 7.14. The molecule has 1 atom stereocenters. The van der Waals surface area contributed by atoms with Gasteiger partial charge in [0, 0.05) is 32.4 Å². The molecule has 0 aromatic carbocycles. The number of piperidine rings is 1. The Kier molecular flexibility index (Phi) is 12.2. The largest absolute Gasteiger partial charge is 0.356 e. The van der Waals surface area contributed by atoms with Crippen molar-refractivity contribution in [3.63, 3.8) is 0 Å². The Hall–Kier alpha value is -0.600. The molecule has 0 amide bonds. The van der Waals surface area contributed by atoms with Gasteiger partial charge >= 0.3 is 0 Å². The van der Waals surface area contributed by atoms with E-state index in [1.807, 2.05) is 25.4 Å². The van der Waals surface area contributed by atoms with Crippen molar-refractivity contribution in [1.82, 2.24) is 20.5 Å². The van der Waals surface area contributed by atoms with Crippen molar-refractivity contribution in [3.8, 4) is 0 Å². The molecule has 0 saturated carbocycles. The lowest BCUT2D eigenvalue weighted by Crippen LogP contribution is -2.40. The predicted octanol–water partition coefficient (Wildman–Crippen LogP) is 3.72. The maximum absolute atomic E-state index is 5.80. The number of pyridine rings is 1. The zero-order chi connectivity index (χ0) is 17.9. The minimum Gasteiger partial charge on any atom is -0.356 e. The first-order valence-corrected chi connectivity index (χ1v) is 9.86. The van der Waals surface area contributed by atoms with Crippen LogP contribution in [-0.4, -0.2) is 55.1 Å². The van der Waals surface area contributed by atoms with Crippen molar-refractivity contribution in [2.24, 2.45) is 4.99 Å². The van der Waals surface area contributed by atoms with Crippen LogP contribution in [0.3, 0.4) is 0 Å². The van der Waals surface area contributed by atoms with E-state index >= 15 is 0 Å². The SMILES string of the molecule is CN=C(NCCCCN1CCCCC1C)NCCc1ccc(Cl)nc1.I. The molecule has 1 saturated heterocycles. The molecule has 0 bridgehead atoms. The Balaban J connectivity index is 0.00000338. The summed E-state index contributed by atoms with van der Waals surface area (Å²) in [5.41, 5.74) is 1.17. The van der Waals surface area contributed by atoms with Gasteiger partial charge in [0.25, 0.3) is 0 Å². The lowest BCUT2D eigenvalue weighted by Gasteiger charge is -2.33. The average Bonchev–Trinajstić information content (AvgIpc) is 2.63. The van der Waals surface area contributed by atoms with Gasteiger partial charge in [0.05, 0.1) is 0 Å². The zero-order valence-electron chi connectivity index (χ0n) is 16.0. The maximum atomic E-state index is 5.80. The molecule has 0 spiro atoms. The van der Waals surface area contributed by atoms with E-state index in [0.717, 1.165) is 31.5 Å². The molecule has 1 aliphatic rings. The highest BCUT2D eigenvalue weighted by Crippen LogP contribution is 2.16. The number of aromatic nitrogens is 1. The fraction of sp³-hybridized carbons (Fsp3) is 0.684. The highest BCUT2D eigenvalue weighted by atomic mass is 127. The van der Waals surface area contributed by atoms with Crippen molar-refractivity contribution >= 4 is 41.5 Å². The van der Waals surface area contributed by atoms with Crippen LogP contribution >= 0.6 is 35.6 Å². The first kappa shape index (κ1) is 23.4. The van der Waals surface area contributed by atoms with Gasteiger partial charge in [0.1, 0.15) is 5.15 Å². The number of nitrogens with zero attached hydrogens (tertiary/aromatic N) is 3. The van der Waals surface area contributed by atoms with Gasteiger partial charge in [-0.05, 0) is 63.7 Å². The number of hydrogen-bond donors (Lipinski definition) is 2. The third kappa shape index (κ3) is 8.86. The summed E-state index contributed by atoms with van der Waals surface area (Å²) >= 11 is 5.80. The first-order valence-electron chi connectivity index (χ1n) is 9.48. The number of aliphatic imine (C=N–C) groups is 1. The van der Waals surface area contributed by atoms with Crippen LogP contribution in [0, 0.1) is 0 Å². The van der Waals surface area contributed by atoms with E-state index in [0.29, 0.717) is 5.15 Å². The van der Waals surface area contributed by atoms with Crippen LogP contribution in [-0.2, 0) is 6.42 Å². The summed E-state index contributed by atoms with van der Waals surface area (Å²) < 4.78 is 0. The van der Waals surface area contributed by atoms with E-state index in [-0.39, 0.29) is 24.0 Å². The Morgan fingerprint density at radius 2 is 2.08 bits per heavy atom. The van der Waals surface area contributed by atoms with E-state index in [2.05, 4.69) is 32.4 Å². The molecule has 1 aromatic heterocycles. The third-order valence-electron chi connectivity index (χ3n) is 4.82. The summed E-state index contributed by atoms with van der Waals surface area (Å²) in [7, 11) is 1.81. The zero-order valence-corrected chi connectivity index (χ0v) is 19.1. The van der Waals surface area contributed by atoms with Gasteiger partial charge < -0.3 is 15.5 Å². The van der Waals surface area contributed by atoms with Crippen LogP contribution in [0.5, 0.6) is 0 Å². The van der Waals surface area contributed by atoms with Gasteiger partial charge in [-0.2, -0.15) is 0 Å². The molecule has 0 radical (unpaired) electrons. The van der Waals surface area contributed by atoms with Crippen molar-refractivity contribution in [2.45, 2.75) is 51.5 Å². The minimum absolute atomic E-state index is 0. The third-order valence-corrected chi connectivity index (χ3v) is 5.05. The molecule has 1 aromatic rings. The Morgan fingerprint density at radius 3 is 2.77 bits per heavy atom. The molecule has 5 nitrogen and oxygen atoms in total. The Morgan fingerprint density at radius 1 is 1.27 bits per heavy atom. The molecule has 0 aliphatic carbocycles. The van der Waals surface area contributed by atoms with E-state index in [4.69, 9.17) is 11.6 Å². The van der Waals surface area contributed by atoms with Gasteiger partial charge in [-0.3, -0.25) is 4.99 Å². The molecular formula is C19H33ClIN5. The van der Waals surface area contributed by atoms with Crippen LogP contribution in [0.25, 0.3) is 0 Å². The fourth-order valence-electron chi connectivity index (χ4n) is 3.24. The number of likely N-dealkylation sites (tertiary alicyclic amines) is 1. The average molecular weight is 494 g/mol. The second kappa shape index (κ2) is 13.6. The summed E-state index contributed by atoms with van der Waals surface area (Å²) in [6.07, 6.45) is 9.25.